The molecule has 0 aromatic carbocycles. The Hall–Kier alpha value is -1.58. The lowest BCUT2D eigenvalue weighted by Crippen LogP contribution is -2.52. The molecule has 4 saturated carbocycles. The van der Waals surface area contributed by atoms with Gasteiger partial charge >= 0.3 is 0 Å². The molecule has 0 unspecified atom stereocenters. The zero-order valence-corrected chi connectivity index (χ0v) is 12.5. The molecule has 4 aliphatic rings. The van der Waals surface area contributed by atoms with Gasteiger partial charge in [-0.3, -0.25) is 4.79 Å². The molecular weight excluding hydrogens is 264 g/mol. The Bertz CT molecular complexity index is 552. The molecule has 1 amide bonds. The van der Waals surface area contributed by atoms with Gasteiger partial charge in [0.2, 0.25) is 5.91 Å². The Morgan fingerprint density at radius 1 is 1.24 bits per heavy atom. The van der Waals surface area contributed by atoms with Crippen molar-refractivity contribution in [1.29, 1.82) is 0 Å². The second-order valence-electron chi connectivity index (χ2n) is 7.35. The van der Waals surface area contributed by atoms with Crippen LogP contribution in [-0.4, -0.2) is 12.1 Å². The fraction of sp³-hybridized carbons (Fsp3) is 0.647. The van der Waals surface area contributed by atoms with E-state index in [1.165, 1.54) is 19.3 Å². The summed E-state index contributed by atoms with van der Waals surface area (Å²) >= 11 is 0. The summed E-state index contributed by atoms with van der Waals surface area (Å²) in [6.45, 7) is 1.89. The molecule has 0 spiro atoms. The van der Waals surface area contributed by atoms with Crippen LogP contribution in [-0.2, 0) is 4.79 Å². The third-order valence-corrected chi connectivity index (χ3v) is 5.64. The zero-order chi connectivity index (χ0) is 14.4. The highest BCUT2D eigenvalue weighted by Crippen LogP contribution is 2.60. The molecule has 4 nitrogen and oxygen atoms in total. The van der Waals surface area contributed by atoms with Gasteiger partial charge in [0.05, 0.1) is 11.6 Å². The number of furan rings is 1. The van der Waals surface area contributed by atoms with Crippen molar-refractivity contribution in [2.45, 2.75) is 45.4 Å². The summed E-state index contributed by atoms with van der Waals surface area (Å²) < 4.78 is 5.41. The molecule has 4 bridgehead atoms. The first-order chi connectivity index (χ1) is 10.1. The van der Waals surface area contributed by atoms with E-state index < -0.39 is 0 Å². The van der Waals surface area contributed by atoms with Gasteiger partial charge in [0.15, 0.2) is 0 Å². The summed E-state index contributed by atoms with van der Waals surface area (Å²) in [6, 6.07) is 3.75. The second kappa shape index (κ2) is 4.72. The van der Waals surface area contributed by atoms with Crippen LogP contribution in [0.25, 0.3) is 0 Å². The highest BCUT2D eigenvalue weighted by atomic mass is 16.3. The molecule has 4 aliphatic carbocycles. The van der Waals surface area contributed by atoms with Gasteiger partial charge in [-0.25, -0.2) is 5.43 Å². The lowest BCUT2D eigenvalue weighted by atomic mass is 9.49. The van der Waals surface area contributed by atoms with Crippen LogP contribution in [0.2, 0.25) is 0 Å². The van der Waals surface area contributed by atoms with Crippen molar-refractivity contribution in [2.24, 2.45) is 28.3 Å². The summed E-state index contributed by atoms with van der Waals surface area (Å²) in [5.74, 6) is 3.99. The fourth-order valence-corrected chi connectivity index (χ4v) is 5.18. The number of amides is 1. The van der Waals surface area contributed by atoms with E-state index in [1.807, 2.05) is 19.1 Å². The molecule has 5 rings (SSSR count). The first kappa shape index (κ1) is 13.1. The fourth-order valence-electron chi connectivity index (χ4n) is 5.18. The minimum atomic E-state index is -0.134. The van der Waals surface area contributed by atoms with E-state index in [9.17, 15) is 4.79 Å². The maximum Gasteiger partial charge on any atom is 0.246 e. The van der Waals surface area contributed by atoms with Crippen molar-refractivity contribution in [3.8, 4) is 0 Å². The van der Waals surface area contributed by atoms with Crippen molar-refractivity contribution in [3.63, 3.8) is 0 Å². The van der Waals surface area contributed by atoms with E-state index in [4.69, 9.17) is 4.42 Å². The second-order valence-corrected chi connectivity index (χ2v) is 7.35. The van der Waals surface area contributed by atoms with E-state index in [1.54, 1.807) is 6.21 Å². The number of rotatable bonds is 3. The SMILES string of the molecule is Cc1ccc(/C=N\NC(=O)C23CC4CC(CC(C4)C2)C3)o1. The van der Waals surface area contributed by atoms with Crippen molar-refractivity contribution >= 4 is 12.1 Å². The number of carbonyl (C=O) groups excluding carboxylic acids is 1. The van der Waals surface area contributed by atoms with E-state index in [2.05, 4.69) is 10.5 Å². The van der Waals surface area contributed by atoms with Crippen LogP contribution < -0.4 is 5.43 Å². The lowest BCUT2D eigenvalue weighted by Gasteiger charge is -2.55. The number of carbonyl (C=O) groups is 1. The number of hydrazone groups is 1. The molecule has 1 heterocycles. The molecule has 0 atom stereocenters. The maximum atomic E-state index is 12.6. The molecule has 0 radical (unpaired) electrons. The van der Waals surface area contributed by atoms with Crippen molar-refractivity contribution in [1.82, 2.24) is 5.43 Å². The van der Waals surface area contributed by atoms with Gasteiger partial charge in [0.1, 0.15) is 11.5 Å². The van der Waals surface area contributed by atoms with Crippen LogP contribution in [0.3, 0.4) is 0 Å². The Labute approximate surface area is 125 Å². The third kappa shape index (κ3) is 2.30. The minimum Gasteiger partial charge on any atom is -0.460 e. The maximum absolute atomic E-state index is 12.6. The molecular formula is C17H22N2O2. The Kier molecular flexibility index (Phi) is 2.95. The van der Waals surface area contributed by atoms with Gasteiger partial charge in [-0.1, -0.05) is 0 Å². The normalized spacial score (nSPS) is 37.3. The molecule has 0 saturated heterocycles. The van der Waals surface area contributed by atoms with Gasteiger partial charge in [0.25, 0.3) is 0 Å². The number of aryl methyl sites for hydroxylation is 1. The van der Waals surface area contributed by atoms with Gasteiger partial charge in [-0.2, -0.15) is 5.10 Å². The van der Waals surface area contributed by atoms with Crippen molar-refractivity contribution in [3.05, 3.63) is 23.7 Å². The van der Waals surface area contributed by atoms with Crippen LogP contribution in [0.4, 0.5) is 0 Å². The van der Waals surface area contributed by atoms with Crippen LogP contribution in [0.1, 0.15) is 50.0 Å². The van der Waals surface area contributed by atoms with Crippen LogP contribution in [0.5, 0.6) is 0 Å². The predicted molar refractivity (Wildman–Crippen MR) is 79.8 cm³/mol. The van der Waals surface area contributed by atoms with Crippen molar-refractivity contribution in [2.75, 3.05) is 0 Å². The average molecular weight is 286 g/mol. The van der Waals surface area contributed by atoms with Crippen LogP contribution in [0.15, 0.2) is 21.7 Å². The minimum absolute atomic E-state index is 0.126. The smallest absolute Gasteiger partial charge is 0.246 e. The molecule has 1 N–H and O–H groups in total. The van der Waals surface area contributed by atoms with E-state index in [0.717, 1.165) is 42.8 Å². The van der Waals surface area contributed by atoms with E-state index in [0.29, 0.717) is 5.76 Å². The van der Waals surface area contributed by atoms with E-state index in [-0.39, 0.29) is 11.3 Å². The van der Waals surface area contributed by atoms with Crippen molar-refractivity contribution < 1.29 is 9.21 Å². The molecule has 4 fully saturated rings. The van der Waals surface area contributed by atoms with Gasteiger partial charge < -0.3 is 4.42 Å². The standard InChI is InChI=1S/C17H22N2O2/c1-11-2-3-15(21-11)10-18-19-16(20)17-7-12-4-13(8-17)6-14(5-12)9-17/h2-3,10,12-14H,4-9H2,1H3,(H,19,20)/b18-10-. The zero-order valence-electron chi connectivity index (χ0n) is 12.5. The number of nitrogens with one attached hydrogen (secondary N) is 1. The highest BCUT2D eigenvalue weighted by molar-refractivity contribution is 5.85. The summed E-state index contributed by atoms with van der Waals surface area (Å²) in [7, 11) is 0. The summed E-state index contributed by atoms with van der Waals surface area (Å²) in [5.41, 5.74) is 2.63. The molecule has 1 aromatic heterocycles. The lowest BCUT2D eigenvalue weighted by molar-refractivity contribution is -0.146. The first-order valence-electron chi connectivity index (χ1n) is 8.03. The quantitative estimate of drug-likeness (QED) is 0.685. The first-order valence-corrected chi connectivity index (χ1v) is 8.03. The Balaban J connectivity index is 1.44. The average Bonchev–Trinajstić information content (AvgIpc) is 2.83. The Morgan fingerprint density at radius 2 is 1.86 bits per heavy atom. The van der Waals surface area contributed by atoms with Crippen LogP contribution >= 0.6 is 0 Å². The van der Waals surface area contributed by atoms with Crippen LogP contribution in [0, 0.1) is 30.1 Å². The molecule has 0 aliphatic heterocycles. The molecule has 112 valence electrons. The summed E-state index contributed by atoms with van der Waals surface area (Å²) in [6.07, 6.45) is 8.84. The third-order valence-electron chi connectivity index (χ3n) is 5.64. The van der Waals surface area contributed by atoms with Gasteiger partial charge in [-0.05, 0) is 75.3 Å². The van der Waals surface area contributed by atoms with Gasteiger partial charge in [-0.15, -0.1) is 0 Å². The monoisotopic (exact) mass is 286 g/mol. The number of nitrogens with zero attached hydrogens (tertiary/aromatic N) is 1. The predicted octanol–water partition coefficient (Wildman–Crippen LogP) is 3.25. The summed E-state index contributed by atoms with van der Waals surface area (Å²) in [5, 5.41) is 4.09. The topological polar surface area (TPSA) is 54.6 Å². The molecule has 1 aromatic rings. The van der Waals surface area contributed by atoms with E-state index >= 15 is 0 Å². The highest BCUT2D eigenvalue weighted by Gasteiger charge is 2.54. The number of hydrogen-bond acceptors (Lipinski definition) is 3. The van der Waals surface area contributed by atoms with Gasteiger partial charge in [0, 0.05) is 0 Å². The largest absolute Gasteiger partial charge is 0.460 e. The molecule has 4 heteroatoms. The number of hydrogen-bond donors (Lipinski definition) is 1. The Morgan fingerprint density at radius 3 is 2.38 bits per heavy atom. The summed E-state index contributed by atoms with van der Waals surface area (Å²) in [4.78, 5) is 12.6. The molecule has 21 heavy (non-hydrogen) atoms.